The Bertz CT molecular complexity index is 672. The Kier molecular flexibility index (Phi) is 3.37. The molecule has 4 rings (SSSR count). The third-order valence-electron chi connectivity index (χ3n) is 5.18. The normalized spacial score (nSPS) is 29.1. The fraction of sp³-hybridized carbons (Fsp3) is 0.471. The third-order valence-corrected chi connectivity index (χ3v) is 5.51. The average molecular weight is 302 g/mol. The van der Waals surface area contributed by atoms with Crippen LogP contribution in [0, 0.1) is 11.8 Å². The van der Waals surface area contributed by atoms with Crippen molar-refractivity contribution in [3.05, 3.63) is 41.0 Å². The number of benzene rings is 1. The molecule has 0 saturated carbocycles. The van der Waals surface area contributed by atoms with Gasteiger partial charge in [0.25, 0.3) is 0 Å². The molecule has 2 aliphatic rings. The van der Waals surface area contributed by atoms with Crippen LogP contribution in [-0.4, -0.2) is 35.6 Å². The Balaban J connectivity index is 1.61. The van der Waals surface area contributed by atoms with Gasteiger partial charge in [0.05, 0.1) is 5.52 Å². The summed E-state index contributed by atoms with van der Waals surface area (Å²) in [6, 6.07) is 11.0. The average Bonchev–Trinajstić information content (AvgIpc) is 3.04. The van der Waals surface area contributed by atoms with Crippen LogP contribution >= 0.6 is 11.6 Å². The molecular weight excluding hydrogens is 282 g/mol. The molecule has 0 amide bonds. The van der Waals surface area contributed by atoms with E-state index in [1.807, 2.05) is 12.1 Å². The van der Waals surface area contributed by atoms with Crippen molar-refractivity contribution in [2.45, 2.75) is 19.5 Å². The molecule has 3 atom stereocenters. The summed E-state index contributed by atoms with van der Waals surface area (Å²) in [5.74, 6) is 1.59. The number of aromatic nitrogens is 1. The van der Waals surface area contributed by atoms with E-state index in [1.165, 1.54) is 11.9 Å². The maximum Gasteiger partial charge on any atom is 0.134 e. The minimum absolute atomic E-state index is 0.618. The predicted octanol–water partition coefficient (Wildman–Crippen LogP) is 2.93. The van der Waals surface area contributed by atoms with E-state index in [0.29, 0.717) is 11.2 Å². The van der Waals surface area contributed by atoms with Gasteiger partial charge in [-0.05, 0) is 44.0 Å². The number of pyridine rings is 1. The highest BCUT2D eigenvalue weighted by atomic mass is 35.5. The fourth-order valence-corrected chi connectivity index (χ4v) is 4.14. The van der Waals surface area contributed by atoms with E-state index in [4.69, 9.17) is 11.6 Å². The highest BCUT2D eigenvalue weighted by molar-refractivity contribution is 6.30. The third kappa shape index (κ3) is 2.33. The topological polar surface area (TPSA) is 28.2 Å². The number of fused-ring (bicyclic) bond motifs is 2. The molecule has 3 nitrogen and oxygen atoms in total. The Morgan fingerprint density at radius 3 is 3.05 bits per heavy atom. The second kappa shape index (κ2) is 5.24. The zero-order valence-electron chi connectivity index (χ0n) is 12.2. The lowest BCUT2D eigenvalue weighted by Crippen LogP contribution is -2.32. The lowest BCUT2D eigenvalue weighted by molar-refractivity contribution is 0.231. The molecule has 4 heteroatoms. The predicted molar refractivity (Wildman–Crippen MR) is 86.5 cm³/mol. The summed E-state index contributed by atoms with van der Waals surface area (Å²) in [4.78, 5) is 7.10. The molecule has 2 aliphatic heterocycles. The van der Waals surface area contributed by atoms with Gasteiger partial charge in [-0.2, -0.15) is 0 Å². The number of halogens is 1. The number of hydrogen-bond acceptors (Lipinski definition) is 3. The smallest absolute Gasteiger partial charge is 0.134 e. The van der Waals surface area contributed by atoms with Gasteiger partial charge >= 0.3 is 0 Å². The summed E-state index contributed by atoms with van der Waals surface area (Å²) in [6.45, 7) is 6.74. The van der Waals surface area contributed by atoms with Crippen LogP contribution in [0.15, 0.2) is 30.3 Å². The number of likely N-dealkylation sites (tertiary alicyclic amines) is 1. The minimum Gasteiger partial charge on any atom is -0.316 e. The van der Waals surface area contributed by atoms with E-state index in [0.717, 1.165) is 42.6 Å². The molecule has 1 N–H and O–H groups in total. The highest BCUT2D eigenvalue weighted by Gasteiger charge is 2.41. The van der Waals surface area contributed by atoms with Gasteiger partial charge in [0.2, 0.25) is 0 Å². The summed E-state index contributed by atoms with van der Waals surface area (Å²) in [7, 11) is 0. The van der Waals surface area contributed by atoms with Crippen molar-refractivity contribution < 1.29 is 0 Å². The lowest BCUT2D eigenvalue weighted by atomic mass is 9.95. The fourth-order valence-electron chi connectivity index (χ4n) is 3.93. The SMILES string of the molecule is CC1C2CNCC2CN1Cc1cc2ccccc2nc1Cl. The van der Waals surface area contributed by atoms with Gasteiger partial charge in [-0.25, -0.2) is 4.98 Å². The van der Waals surface area contributed by atoms with Crippen molar-refractivity contribution in [3.63, 3.8) is 0 Å². The first-order valence-electron chi connectivity index (χ1n) is 7.71. The number of para-hydroxylation sites is 1. The van der Waals surface area contributed by atoms with Crippen molar-refractivity contribution in [3.8, 4) is 0 Å². The maximum atomic E-state index is 6.40. The van der Waals surface area contributed by atoms with Crippen molar-refractivity contribution in [1.82, 2.24) is 15.2 Å². The van der Waals surface area contributed by atoms with E-state index in [1.54, 1.807) is 0 Å². The number of hydrogen-bond donors (Lipinski definition) is 1. The minimum atomic E-state index is 0.618. The molecule has 2 saturated heterocycles. The van der Waals surface area contributed by atoms with Crippen LogP contribution in [0.3, 0.4) is 0 Å². The van der Waals surface area contributed by atoms with Gasteiger partial charge in [-0.1, -0.05) is 29.8 Å². The summed E-state index contributed by atoms with van der Waals surface area (Å²) in [5.41, 5.74) is 2.12. The van der Waals surface area contributed by atoms with E-state index in [9.17, 15) is 0 Å². The van der Waals surface area contributed by atoms with E-state index in [2.05, 4.69) is 40.3 Å². The Hall–Kier alpha value is -1.16. The first-order valence-corrected chi connectivity index (χ1v) is 8.09. The van der Waals surface area contributed by atoms with Crippen molar-refractivity contribution in [1.29, 1.82) is 0 Å². The van der Waals surface area contributed by atoms with Gasteiger partial charge < -0.3 is 5.32 Å². The van der Waals surface area contributed by atoms with E-state index >= 15 is 0 Å². The molecule has 2 aromatic rings. The van der Waals surface area contributed by atoms with Crippen molar-refractivity contribution >= 4 is 22.5 Å². The zero-order chi connectivity index (χ0) is 14.4. The zero-order valence-corrected chi connectivity index (χ0v) is 13.0. The van der Waals surface area contributed by atoms with Crippen LogP contribution < -0.4 is 5.32 Å². The van der Waals surface area contributed by atoms with Gasteiger partial charge in [-0.15, -0.1) is 0 Å². The molecule has 3 heterocycles. The standard InChI is InChI=1S/C17H20ClN3/c1-11-15-8-19-7-14(15)10-21(11)9-13-6-12-4-2-3-5-16(12)20-17(13)18/h2-6,11,14-15,19H,7-10H2,1H3. The molecule has 21 heavy (non-hydrogen) atoms. The molecule has 0 aliphatic carbocycles. The summed E-state index contributed by atoms with van der Waals surface area (Å²) in [6.07, 6.45) is 0. The molecule has 110 valence electrons. The summed E-state index contributed by atoms with van der Waals surface area (Å²) in [5, 5.41) is 5.33. The second-order valence-corrected chi connectivity index (χ2v) is 6.74. The van der Waals surface area contributed by atoms with Crippen LogP contribution in [0.5, 0.6) is 0 Å². The summed E-state index contributed by atoms with van der Waals surface area (Å²) >= 11 is 6.40. The molecule has 0 bridgehead atoms. The van der Waals surface area contributed by atoms with Gasteiger partial charge in [-0.3, -0.25) is 4.90 Å². The van der Waals surface area contributed by atoms with Gasteiger partial charge in [0, 0.05) is 30.1 Å². The van der Waals surface area contributed by atoms with Crippen LogP contribution in [0.2, 0.25) is 5.15 Å². The molecule has 1 aromatic heterocycles. The monoisotopic (exact) mass is 301 g/mol. The van der Waals surface area contributed by atoms with Crippen LogP contribution in [-0.2, 0) is 6.54 Å². The largest absolute Gasteiger partial charge is 0.316 e. The second-order valence-electron chi connectivity index (χ2n) is 6.38. The van der Waals surface area contributed by atoms with Gasteiger partial charge in [0.1, 0.15) is 5.15 Å². The molecule has 0 radical (unpaired) electrons. The number of rotatable bonds is 2. The van der Waals surface area contributed by atoms with Crippen LogP contribution in [0.1, 0.15) is 12.5 Å². The first-order chi connectivity index (χ1) is 10.2. The van der Waals surface area contributed by atoms with E-state index < -0.39 is 0 Å². The quantitative estimate of drug-likeness (QED) is 0.865. The maximum absolute atomic E-state index is 6.40. The van der Waals surface area contributed by atoms with Gasteiger partial charge in [0.15, 0.2) is 0 Å². The van der Waals surface area contributed by atoms with Crippen molar-refractivity contribution in [2.75, 3.05) is 19.6 Å². The van der Waals surface area contributed by atoms with Crippen LogP contribution in [0.4, 0.5) is 0 Å². The molecule has 0 spiro atoms. The molecule has 1 aromatic carbocycles. The first kappa shape index (κ1) is 13.5. The molecule has 3 unspecified atom stereocenters. The lowest BCUT2D eigenvalue weighted by Gasteiger charge is -2.24. The van der Waals surface area contributed by atoms with E-state index in [-0.39, 0.29) is 0 Å². The van der Waals surface area contributed by atoms with Crippen LogP contribution in [0.25, 0.3) is 10.9 Å². The Morgan fingerprint density at radius 1 is 1.33 bits per heavy atom. The Morgan fingerprint density at radius 2 is 2.19 bits per heavy atom. The van der Waals surface area contributed by atoms with Crippen molar-refractivity contribution in [2.24, 2.45) is 11.8 Å². The number of nitrogens with zero attached hydrogens (tertiary/aromatic N) is 2. The number of nitrogens with one attached hydrogen (secondary N) is 1. The molecular formula is C17H20ClN3. The highest BCUT2D eigenvalue weighted by Crippen LogP contribution is 2.34. The summed E-state index contributed by atoms with van der Waals surface area (Å²) < 4.78 is 0. The Labute approximate surface area is 130 Å². The molecule has 2 fully saturated rings.